The van der Waals surface area contributed by atoms with Gasteiger partial charge in [-0.25, -0.2) is 4.39 Å². The van der Waals surface area contributed by atoms with Crippen LogP contribution in [0.25, 0.3) is 0 Å². The summed E-state index contributed by atoms with van der Waals surface area (Å²) >= 11 is 0. The number of rotatable bonds is 7. The molecule has 4 aliphatic rings. The van der Waals surface area contributed by atoms with E-state index in [0.717, 1.165) is 49.1 Å². The Morgan fingerprint density at radius 2 is 2.00 bits per heavy atom. The predicted molar refractivity (Wildman–Crippen MR) is 134 cm³/mol. The fourth-order valence-corrected chi connectivity index (χ4v) is 7.91. The van der Waals surface area contributed by atoms with Crippen LogP contribution < -0.4 is 5.32 Å². The Morgan fingerprint density at radius 3 is 2.68 bits per heavy atom. The van der Waals surface area contributed by atoms with Crippen LogP contribution in [0.3, 0.4) is 0 Å². The van der Waals surface area contributed by atoms with Gasteiger partial charge in [0.1, 0.15) is 18.2 Å². The number of carbonyl (C=O) groups is 1. The summed E-state index contributed by atoms with van der Waals surface area (Å²) in [7, 11) is 0. The van der Waals surface area contributed by atoms with Crippen molar-refractivity contribution in [2.24, 2.45) is 17.3 Å². The lowest BCUT2D eigenvalue weighted by Crippen LogP contribution is -2.57. The largest absolute Gasteiger partial charge is 0.323 e. The van der Waals surface area contributed by atoms with Gasteiger partial charge in [0.05, 0.1) is 34.1 Å². The van der Waals surface area contributed by atoms with Gasteiger partial charge in [-0.15, -0.1) is 0 Å². The second kappa shape index (κ2) is 8.49. The van der Waals surface area contributed by atoms with Crippen LogP contribution >= 0.6 is 0 Å². The summed E-state index contributed by atoms with van der Waals surface area (Å²) < 4.78 is 17.3. The predicted octanol–water partition coefficient (Wildman–Crippen LogP) is 5.12. The Morgan fingerprint density at radius 1 is 1.24 bits per heavy atom. The highest BCUT2D eigenvalue weighted by Crippen LogP contribution is 2.65. The molecule has 194 valence electrons. The molecule has 9 nitrogen and oxygen atoms in total. The van der Waals surface area contributed by atoms with Crippen LogP contribution in [-0.2, 0) is 16.9 Å². The van der Waals surface area contributed by atoms with Crippen molar-refractivity contribution in [3.63, 3.8) is 0 Å². The number of hydrogen-bond acceptors (Lipinski definition) is 5. The Kier molecular flexibility index (Phi) is 5.47. The third-order valence-corrected chi connectivity index (χ3v) is 8.82. The number of hydrogen-bond donors (Lipinski definition) is 1. The third kappa shape index (κ3) is 4.22. The van der Waals surface area contributed by atoms with E-state index in [9.17, 15) is 19.3 Å². The lowest BCUT2D eigenvalue weighted by atomic mass is 9.46. The first-order valence-corrected chi connectivity index (χ1v) is 12.9. The summed E-state index contributed by atoms with van der Waals surface area (Å²) in [6.45, 7) is 4.21. The van der Waals surface area contributed by atoms with Gasteiger partial charge in [-0.1, -0.05) is 12.1 Å². The lowest BCUT2D eigenvalue weighted by molar-refractivity contribution is -0.385. The van der Waals surface area contributed by atoms with Crippen LogP contribution in [0.15, 0.2) is 36.7 Å². The lowest BCUT2D eigenvalue weighted by Gasteiger charge is -2.61. The number of nitrogens with one attached hydrogen (secondary N) is 1. The molecule has 4 bridgehead atoms. The molecule has 1 amide bonds. The average Bonchev–Trinajstić information content (AvgIpc) is 3.40. The molecule has 37 heavy (non-hydrogen) atoms. The molecule has 0 radical (unpaired) electrons. The van der Waals surface area contributed by atoms with E-state index in [1.807, 2.05) is 24.6 Å². The van der Waals surface area contributed by atoms with E-state index in [0.29, 0.717) is 30.5 Å². The minimum absolute atomic E-state index is 0.0174. The molecule has 4 aliphatic carbocycles. The van der Waals surface area contributed by atoms with E-state index < -0.39 is 4.92 Å². The number of aryl methyl sites for hydroxylation is 1. The van der Waals surface area contributed by atoms with Crippen molar-refractivity contribution in [1.82, 2.24) is 19.6 Å². The van der Waals surface area contributed by atoms with Crippen LogP contribution in [0.4, 0.5) is 15.8 Å². The standard InChI is InChI=1S/C27H31FN6O3/c1-17-25(18(2)32(31-17)14-19-4-3-5-22(28)7-19)30-24(35)12-26-8-20-6-21(9-26)11-27(10-20,16-26)33-15-23(13-29-33)34(36)37/h3-5,7,13,15,20-21H,6,8-12,14,16H2,1-2H3,(H,30,35). The van der Waals surface area contributed by atoms with Crippen molar-refractivity contribution in [2.45, 2.75) is 70.9 Å². The number of anilines is 1. The van der Waals surface area contributed by atoms with Gasteiger partial charge >= 0.3 is 5.69 Å². The highest BCUT2D eigenvalue weighted by Gasteiger charge is 2.59. The number of benzene rings is 1. The van der Waals surface area contributed by atoms with Gasteiger partial charge in [0, 0.05) is 6.42 Å². The zero-order valence-electron chi connectivity index (χ0n) is 21.1. The first kappa shape index (κ1) is 23.8. The van der Waals surface area contributed by atoms with E-state index in [4.69, 9.17) is 0 Å². The molecule has 4 saturated carbocycles. The van der Waals surface area contributed by atoms with Crippen LogP contribution in [0.2, 0.25) is 0 Å². The van der Waals surface area contributed by atoms with Gasteiger partial charge in [-0.2, -0.15) is 10.2 Å². The molecule has 2 atom stereocenters. The first-order chi connectivity index (χ1) is 17.6. The summed E-state index contributed by atoms with van der Waals surface area (Å²) in [4.78, 5) is 24.3. The Labute approximate surface area is 214 Å². The average molecular weight is 507 g/mol. The maximum absolute atomic E-state index is 13.6. The molecule has 0 aliphatic heterocycles. The number of nitro groups is 1. The Bertz CT molecular complexity index is 1380. The zero-order valence-corrected chi connectivity index (χ0v) is 21.1. The van der Waals surface area contributed by atoms with Crippen LogP contribution in [-0.4, -0.2) is 30.4 Å². The fraction of sp³-hybridized carbons (Fsp3) is 0.519. The van der Waals surface area contributed by atoms with Crippen LogP contribution in [0, 0.1) is 47.0 Å². The zero-order chi connectivity index (χ0) is 25.9. The van der Waals surface area contributed by atoms with Gasteiger partial charge in [0.25, 0.3) is 0 Å². The van der Waals surface area contributed by atoms with E-state index in [2.05, 4.69) is 15.5 Å². The van der Waals surface area contributed by atoms with Crippen molar-refractivity contribution < 1.29 is 14.1 Å². The molecular formula is C27H31FN6O3. The molecule has 7 rings (SSSR count). The Hall–Kier alpha value is -3.56. The van der Waals surface area contributed by atoms with Gasteiger partial charge in [0.2, 0.25) is 5.91 Å². The summed E-state index contributed by atoms with van der Waals surface area (Å²) in [6.07, 6.45) is 9.27. The van der Waals surface area contributed by atoms with Crippen molar-refractivity contribution in [2.75, 3.05) is 5.32 Å². The van der Waals surface area contributed by atoms with Gasteiger partial charge in [0.15, 0.2) is 0 Å². The topological polar surface area (TPSA) is 108 Å². The molecular weight excluding hydrogens is 475 g/mol. The molecule has 0 saturated heterocycles. The second-order valence-corrected chi connectivity index (χ2v) is 11.6. The summed E-state index contributed by atoms with van der Waals surface area (Å²) in [5.74, 6) is 0.704. The molecule has 4 fully saturated rings. The molecule has 10 heteroatoms. The maximum Gasteiger partial charge on any atom is 0.307 e. The summed E-state index contributed by atoms with van der Waals surface area (Å²) in [5, 5.41) is 23.4. The van der Waals surface area contributed by atoms with Gasteiger partial charge in [-0.05, 0) is 87.3 Å². The third-order valence-electron chi connectivity index (χ3n) is 8.82. The van der Waals surface area contributed by atoms with E-state index in [1.54, 1.807) is 16.9 Å². The molecule has 1 aromatic carbocycles. The molecule has 2 heterocycles. The quantitative estimate of drug-likeness (QED) is 0.354. The van der Waals surface area contributed by atoms with Gasteiger partial charge in [-0.3, -0.25) is 24.3 Å². The van der Waals surface area contributed by atoms with Crippen LogP contribution in [0.1, 0.15) is 61.9 Å². The van der Waals surface area contributed by atoms with Crippen molar-refractivity contribution >= 4 is 17.3 Å². The highest BCUT2D eigenvalue weighted by molar-refractivity contribution is 5.92. The molecule has 1 N–H and O–H groups in total. The van der Waals surface area contributed by atoms with Crippen LogP contribution in [0.5, 0.6) is 0 Å². The molecule has 0 spiro atoms. The van der Waals surface area contributed by atoms with Gasteiger partial charge < -0.3 is 5.32 Å². The van der Waals surface area contributed by atoms with Crippen molar-refractivity contribution in [1.29, 1.82) is 0 Å². The van der Waals surface area contributed by atoms with E-state index >= 15 is 0 Å². The SMILES string of the molecule is Cc1nn(Cc2cccc(F)c2)c(C)c1NC(=O)CC12CC3CC(C1)CC(n1cc([N+](=O)[O-])cn1)(C3)C2. The number of carbonyl (C=O) groups excluding carboxylic acids is 1. The molecule has 2 unspecified atom stereocenters. The normalized spacial score (nSPS) is 28.0. The van der Waals surface area contributed by atoms with E-state index in [-0.39, 0.29) is 28.4 Å². The summed E-state index contributed by atoms with van der Waals surface area (Å²) in [5.41, 5.74) is 2.72. The highest BCUT2D eigenvalue weighted by atomic mass is 19.1. The molecule has 3 aromatic rings. The van der Waals surface area contributed by atoms with Crippen molar-refractivity contribution in [3.05, 3.63) is 69.5 Å². The Balaban J connectivity index is 1.20. The smallest absolute Gasteiger partial charge is 0.307 e. The van der Waals surface area contributed by atoms with Crippen molar-refractivity contribution in [3.8, 4) is 0 Å². The first-order valence-electron chi connectivity index (χ1n) is 12.9. The second-order valence-electron chi connectivity index (χ2n) is 11.6. The number of halogens is 1. The minimum Gasteiger partial charge on any atom is -0.323 e. The summed E-state index contributed by atoms with van der Waals surface area (Å²) in [6, 6.07) is 6.44. The number of nitrogens with zero attached hydrogens (tertiary/aromatic N) is 5. The number of amides is 1. The maximum atomic E-state index is 13.6. The monoisotopic (exact) mass is 506 g/mol. The molecule has 2 aromatic heterocycles. The van der Waals surface area contributed by atoms with E-state index in [1.165, 1.54) is 24.8 Å². The fourth-order valence-electron chi connectivity index (χ4n) is 7.91. The number of aromatic nitrogens is 4. The minimum atomic E-state index is -0.396.